The largest absolute Gasteiger partial charge is 0.385 e. The van der Waals surface area contributed by atoms with Crippen molar-refractivity contribution in [1.29, 1.82) is 0 Å². The molecule has 81 heavy (non-hydrogen) atoms. The van der Waals surface area contributed by atoms with Crippen LogP contribution in [0, 0.1) is 0 Å². The lowest BCUT2D eigenvalue weighted by molar-refractivity contribution is -0.438. The predicted molar refractivity (Wildman–Crippen MR) is 295 cm³/mol. The zero-order chi connectivity index (χ0) is 59.6. The van der Waals surface area contributed by atoms with Crippen LogP contribution in [0.2, 0.25) is 0 Å². The molecule has 1 aliphatic carbocycles. The number of hydroxylamine groups is 2. The minimum absolute atomic E-state index is 0.0128. The van der Waals surface area contributed by atoms with Gasteiger partial charge in [0, 0.05) is 89.8 Å². The topological polar surface area (TPSA) is 351 Å². The lowest BCUT2D eigenvalue weighted by Gasteiger charge is -2.30. The molecule has 2 atom stereocenters. The summed E-state index contributed by atoms with van der Waals surface area (Å²) in [5.74, 6) is -2.90. The number of imide groups is 1. The molecule has 436 valence electrons. The Balaban J connectivity index is 1.27. The van der Waals surface area contributed by atoms with Gasteiger partial charge in [0.25, 0.3) is 62.4 Å². The number of amides is 2. The molecular formula is C52H57ClN3O20S5+. The highest BCUT2D eigenvalue weighted by Gasteiger charge is 2.50. The van der Waals surface area contributed by atoms with Gasteiger partial charge in [0.1, 0.15) is 16.3 Å². The molecule has 5 N–H and O–H groups in total. The smallest absolute Gasteiger partial charge is 0.333 e. The first kappa shape index (κ1) is 61.3. The number of rotatable bonds is 20. The number of carbonyl (C=O) groups is 3. The van der Waals surface area contributed by atoms with Crippen LogP contribution in [0.1, 0.15) is 96.1 Å². The molecule has 29 heteroatoms. The first-order chi connectivity index (χ1) is 37.6. The van der Waals surface area contributed by atoms with Crippen molar-refractivity contribution in [2.24, 2.45) is 0 Å². The molecule has 4 aromatic carbocycles. The van der Waals surface area contributed by atoms with Crippen LogP contribution in [-0.4, -0.2) is 131 Å². The zero-order valence-corrected chi connectivity index (χ0v) is 48.8. The number of carbonyl (C=O) groups excluding carboxylic acids is 3. The van der Waals surface area contributed by atoms with E-state index in [0.29, 0.717) is 86.5 Å². The number of likely N-dealkylation sites (N-methyl/N-ethyl adjacent to an activating group) is 1. The first-order valence-electron chi connectivity index (χ1n) is 25.2. The van der Waals surface area contributed by atoms with Gasteiger partial charge in [-0.25, -0.2) is 4.79 Å². The van der Waals surface area contributed by atoms with E-state index in [1.807, 2.05) is 16.4 Å². The van der Waals surface area contributed by atoms with Gasteiger partial charge in [-0.05, 0) is 129 Å². The van der Waals surface area contributed by atoms with E-state index in [4.69, 9.17) is 21.2 Å². The zero-order valence-electron chi connectivity index (χ0n) is 43.9. The third kappa shape index (κ3) is 12.2. The van der Waals surface area contributed by atoms with Gasteiger partial charge in [-0.15, -0.1) is 5.06 Å². The summed E-state index contributed by atoms with van der Waals surface area (Å²) in [6.07, 6.45) is 8.01. The highest BCUT2D eigenvalue weighted by Crippen LogP contribution is 2.55. The molecule has 0 saturated carbocycles. The van der Waals surface area contributed by atoms with Crippen molar-refractivity contribution in [3.8, 4) is 0 Å². The Bertz CT molecular complexity index is 4120. The van der Waals surface area contributed by atoms with Gasteiger partial charge in [-0.1, -0.05) is 29.8 Å². The number of fused-ring (bicyclic) bond motifs is 6. The first-order valence-corrected chi connectivity index (χ1v) is 32.9. The molecule has 0 radical (unpaired) electrons. The summed E-state index contributed by atoms with van der Waals surface area (Å²) in [7, 11) is -23.4. The van der Waals surface area contributed by atoms with Crippen LogP contribution < -0.4 is 4.90 Å². The van der Waals surface area contributed by atoms with Gasteiger partial charge >= 0.3 is 5.97 Å². The van der Waals surface area contributed by atoms with E-state index in [1.54, 1.807) is 50.3 Å². The van der Waals surface area contributed by atoms with E-state index in [-0.39, 0.29) is 86.2 Å². The summed E-state index contributed by atoms with van der Waals surface area (Å²) in [6, 6.07) is 9.32. The van der Waals surface area contributed by atoms with Crippen LogP contribution in [0.4, 0.5) is 11.4 Å². The average Bonchev–Trinajstić information content (AvgIpc) is 4.13. The van der Waals surface area contributed by atoms with Crippen molar-refractivity contribution in [2.75, 3.05) is 37.5 Å². The second-order valence-corrected chi connectivity index (χ2v) is 27.9. The van der Waals surface area contributed by atoms with Crippen LogP contribution in [0.5, 0.6) is 0 Å². The van der Waals surface area contributed by atoms with Crippen molar-refractivity contribution >= 4 is 119 Å². The highest BCUT2D eigenvalue weighted by molar-refractivity contribution is 7.87. The second kappa shape index (κ2) is 22.4. The van der Waals surface area contributed by atoms with E-state index < -0.39 is 105 Å². The molecule has 3 heterocycles. The van der Waals surface area contributed by atoms with Crippen molar-refractivity contribution in [3.05, 3.63) is 106 Å². The number of ether oxygens (including phenoxy) is 1. The molecule has 0 bridgehead atoms. The van der Waals surface area contributed by atoms with Crippen LogP contribution >= 0.6 is 11.6 Å². The molecule has 0 spiro atoms. The number of allylic oxidation sites excluding steroid dienone is 8. The number of halogens is 1. The summed E-state index contributed by atoms with van der Waals surface area (Å²) in [6.45, 7) is 5.73. The van der Waals surface area contributed by atoms with Crippen molar-refractivity contribution in [3.63, 3.8) is 0 Å². The molecule has 8 rings (SSSR count). The standard InChI is InChI=1S/C52H56ClN3O20S5/c1-5-54-39-16-14-35-37(27-33(78(63,64)65)29-41(35)80(69,70)71)48(39)51(2,22-8-26-77(60,61)62)43(54)18-12-31-9-6-10-32(50(31)53)13-19-44-52(3,23-25-75-4)49-38-28-34(79(66,67)68)30-42(81(72,73)74)36(38)15-17-40(49)55(44)24-7-11-47(59)76-56-45(57)20-21-46(56)58/h12-19,27-30H,5-11,20-26H2,1-4H3,(H4-,60,61,62,63,64,65,66,67,68,69,70,71,72,73,74)/p+1. The summed E-state index contributed by atoms with van der Waals surface area (Å²) in [4.78, 5) is 41.3. The molecule has 1 fully saturated rings. The van der Waals surface area contributed by atoms with Crippen LogP contribution in [0.3, 0.4) is 0 Å². The van der Waals surface area contributed by atoms with Gasteiger partial charge in [0.15, 0.2) is 5.71 Å². The average molecular weight is 1240 g/mol. The number of methoxy groups -OCH3 is 1. The predicted octanol–water partition coefficient (Wildman–Crippen LogP) is 7.27. The maximum atomic E-state index is 13.1. The molecule has 4 aromatic rings. The third-order valence-electron chi connectivity index (χ3n) is 15.2. The number of hydrogen-bond acceptors (Lipinski definition) is 16. The Morgan fingerprint density at radius 3 is 1.83 bits per heavy atom. The van der Waals surface area contributed by atoms with Crippen LogP contribution in [0.25, 0.3) is 21.5 Å². The Morgan fingerprint density at radius 1 is 0.704 bits per heavy atom. The van der Waals surface area contributed by atoms with E-state index in [0.717, 1.165) is 12.1 Å². The SMILES string of the molecule is CCN1C(=CC=C2CCCC(C=CC3=[N+](CCCC(=O)ON4C(=O)CCC4=O)c4ccc5c(S(=O)(=O)O)cc(S(=O)(=O)O)cc5c4C3(C)CCOC)=C2Cl)C(C)(CCCS(=O)(=O)O)c2c1ccc1c(S(=O)(=O)O)cc(S(=O)(=O)O)cc21. The quantitative estimate of drug-likeness (QED) is 0.0330. The number of nitrogens with zero attached hydrogens (tertiary/aromatic N) is 3. The molecular weight excluding hydrogens is 1180 g/mol. The van der Waals surface area contributed by atoms with Gasteiger partial charge < -0.3 is 14.5 Å². The minimum Gasteiger partial charge on any atom is -0.385 e. The summed E-state index contributed by atoms with van der Waals surface area (Å²) < 4.78 is 184. The fourth-order valence-corrected chi connectivity index (χ4v) is 15.0. The lowest BCUT2D eigenvalue weighted by Crippen LogP contribution is -2.33. The monoisotopic (exact) mass is 1240 g/mol. The third-order valence-corrected chi connectivity index (χ3v) is 19.9. The van der Waals surface area contributed by atoms with Crippen LogP contribution in [0.15, 0.2) is 114 Å². The Morgan fingerprint density at radius 2 is 1.28 bits per heavy atom. The van der Waals surface area contributed by atoms with E-state index >= 15 is 0 Å². The fourth-order valence-electron chi connectivity index (χ4n) is 11.5. The van der Waals surface area contributed by atoms with E-state index in [9.17, 15) is 79.2 Å². The molecule has 4 aliphatic rings. The summed E-state index contributed by atoms with van der Waals surface area (Å²) in [5.41, 5.74) is 1.41. The fraction of sp³-hybridized carbons (Fsp3) is 0.385. The second-order valence-electron chi connectivity index (χ2n) is 20.3. The summed E-state index contributed by atoms with van der Waals surface area (Å²) >= 11 is 7.32. The maximum absolute atomic E-state index is 13.1. The van der Waals surface area contributed by atoms with E-state index in [2.05, 4.69) is 0 Å². The van der Waals surface area contributed by atoms with Crippen LogP contribution in [-0.2, 0) is 85.4 Å². The maximum Gasteiger partial charge on any atom is 0.333 e. The molecule has 2 unspecified atom stereocenters. The van der Waals surface area contributed by atoms with E-state index in [1.165, 1.54) is 19.2 Å². The number of hydrogen-bond donors (Lipinski definition) is 5. The molecule has 23 nitrogen and oxygen atoms in total. The number of benzene rings is 4. The van der Waals surface area contributed by atoms with Gasteiger partial charge in [-0.2, -0.15) is 46.7 Å². The lowest BCUT2D eigenvalue weighted by atomic mass is 9.74. The molecule has 1 saturated heterocycles. The van der Waals surface area contributed by atoms with Gasteiger partial charge in [-0.3, -0.25) is 32.4 Å². The highest BCUT2D eigenvalue weighted by atomic mass is 35.5. The van der Waals surface area contributed by atoms with Crippen molar-refractivity contribution in [1.82, 2.24) is 5.06 Å². The molecule has 2 amide bonds. The number of anilines is 1. The Kier molecular flexibility index (Phi) is 17.0. The van der Waals surface area contributed by atoms with Crippen molar-refractivity contribution < 1.29 is 93.4 Å². The molecule has 3 aliphatic heterocycles. The normalized spacial score (nSPS) is 21.3. The molecule has 0 aromatic heterocycles. The summed E-state index contributed by atoms with van der Waals surface area (Å²) in [5, 5.41) is 0.621. The van der Waals surface area contributed by atoms with Gasteiger partial charge in [0.2, 0.25) is 5.69 Å². The Labute approximate surface area is 472 Å². The van der Waals surface area contributed by atoms with Crippen molar-refractivity contribution in [2.45, 2.75) is 115 Å². The Hall–Kier alpha value is -5.76. The minimum atomic E-state index is -5.11. The van der Waals surface area contributed by atoms with Gasteiger partial charge in [0.05, 0.1) is 27.4 Å².